The number of amides is 1. The summed E-state index contributed by atoms with van der Waals surface area (Å²) in [6.07, 6.45) is -0.135. The van der Waals surface area contributed by atoms with Crippen LogP contribution in [-0.2, 0) is 4.74 Å². The molecule has 1 atom stereocenters. The van der Waals surface area contributed by atoms with E-state index in [2.05, 4.69) is 22.0 Å². The summed E-state index contributed by atoms with van der Waals surface area (Å²) < 4.78 is 6.80. The van der Waals surface area contributed by atoms with Gasteiger partial charge in [0.25, 0.3) is 5.91 Å². The van der Waals surface area contributed by atoms with Crippen LogP contribution in [0.1, 0.15) is 27.6 Å². The molecule has 0 radical (unpaired) electrons. The van der Waals surface area contributed by atoms with Gasteiger partial charge in [0.1, 0.15) is 6.10 Å². The third-order valence-electron chi connectivity index (χ3n) is 3.81. The molecule has 1 saturated heterocycles. The van der Waals surface area contributed by atoms with Crippen LogP contribution in [0.25, 0.3) is 0 Å². The molecule has 0 aliphatic carbocycles. The second-order valence-corrected chi connectivity index (χ2v) is 6.27. The molecular weight excluding hydrogens is 356 g/mol. The van der Waals surface area contributed by atoms with E-state index in [4.69, 9.17) is 10.00 Å². The van der Waals surface area contributed by atoms with Crippen molar-refractivity contribution in [3.05, 3.63) is 69.7 Å². The number of carbonyl (C=O) groups is 1. The Morgan fingerprint density at radius 2 is 2.09 bits per heavy atom. The first-order valence-corrected chi connectivity index (χ1v) is 8.13. The number of nitriles is 1. The lowest BCUT2D eigenvalue weighted by molar-refractivity contribution is -0.0228. The van der Waals surface area contributed by atoms with Gasteiger partial charge in [-0.15, -0.1) is 0 Å². The molecule has 0 spiro atoms. The van der Waals surface area contributed by atoms with E-state index in [1.165, 1.54) is 0 Å². The van der Waals surface area contributed by atoms with Gasteiger partial charge in [-0.2, -0.15) is 5.26 Å². The molecule has 4 nitrogen and oxygen atoms in total. The van der Waals surface area contributed by atoms with Crippen LogP contribution >= 0.6 is 15.9 Å². The Labute approximate surface area is 143 Å². The SMILES string of the molecule is N#Cc1cccc(C(=O)N2CCOC(c3cccc(Br)c3)C2)c1. The van der Waals surface area contributed by atoms with Gasteiger partial charge in [-0.05, 0) is 35.9 Å². The van der Waals surface area contributed by atoms with Gasteiger partial charge in [-0.25, -0.2) is 0 Å². The van der Waals surface area contributed by atoms with Gasteiger partial charge in [-0.3, -0.25) is 4.79 Å². The van der Waals surface area contributed by atoms with Crippen molar-refractivity contribution in [2.24, 2.45) is 0 Å². The summed E-state index contributed by atoms with van der Waals surface area (Å²) in [6, 6.07) is 16.8. The van der Waals surface area contributed by atoms with Crippen LogP contribution in [0, 0.1) is 11.3 Å². The zero-order chi connectivity index (χ0) is 16.2. The number of benzene rings is 2. The number of nitrogens with zero attached hydrogens (tertiary/aromatic N) is 2. The van der Waals surface area contributed by atoms with Crippen molar-refractivity contribution in [1.29, 1.82) is 5.26 Å². The second kappa shape index (κ2) is 6.95. The summed E-state index contributed by atoms with van der Waals surface area (Å²) >= 11 is 3.46. The highest BCUT2D eigenvalue weighted by Crippen LogP contribution is 2.25. The van der Waals surface area contributed by atoms with Crippen molar-refractivity contribution in [2.75, 3.05) is 19.7 Å². The molecule has 1 aliphatic rings. The largest absolute Gasteiger partial charge is 0.370 e. The number of halogens is 1. The minimum absolute atomic E-state index is 0.0644. The summed E-state index contributed by atoms with van der Waals surface area (Å²) in [5, 5.41) is 8.97. The molecule has 23 heavy (non-hydrogen) atoms. The minimum Gasteiger partial charge on any atom is -0.370 e. The Morgan fingerprint density at radius 1 is 1.26 bits per heavy atom. The molecule has 5 heteroatoms. The molecule has 0 N–H and O–H groups in total. The average molecular weight is 371 g/mol. The lowest BCUT2D eigenvalue weighted by atomic mass is 10.1. The fraction of sp³-hybridized carbons (Fsp3) is 0.222. The monoisotopic (exact) mass is 370 g/mol. The standard InChI is InChI=1S/C18H15BrN2O2/c19-16-6-2-4-14(10-16)17-12-21(7-8-23-17)18(22)15-5-1-3-13(9-15)11-20/h1-6,9-10,17H,7-8,12H2. The molecule has 0 bridgehead atoms. The van der Waals surface area contributed by atoms with Crippen LogP contribution in [0.5, 0.6) is 0 Å². The van der Waals surface area contributed by atoms with E-state index >= 15 is 0 Å². The summed E-state index contributed by atoms with van der Waals surface area (Å²) in [6.45, 7) is 1.56. The van der Waals surface area contributed by atoms with Gasteiger partial charge >= 0.3 is 0 Å². The lowest BCUT2D eigenvalue weighted by Gasteiger charge is -2.33. The molecular formula is C18H15BrN2O2. The molecule has 0 aromatic heterocycles. The predicted molar refractivity (Wildman–Crippen MR) is 89.9 cm³/mol. The number of carbonyl (C=O) groups excluding carboxylic acids is 1. The lowest BCUT2D eigenvalue weighted by Crippen LogP contribution is -2.42. The van der Waals surface area contributed by atoms with E-state index in [9.17, 15) is 4.79 Å². The van der Waals surface area contributed by atoms with Gasteiger partial charge < -0.3 is 9.64 Å². The highest BCUT2D eigenvalue weighted by Gasteiger charge is 2.26. The Hall–Kier alpha value is -2.16. The third kappa shape index (κ3) is 3.61. The highest BCUT2D eigenvalue weighted by molar-refractivity contribution is 9.10. The maximum absolute atomic E-state index is 12.7. The fourth-order valence-corrected chi connectivity index (χ4v) is 3.06. The molecule has 1 heterocycles. The fourth-order valence-electron chi connectivity index (χ4n) is 2.65. The van der Waals surface area contributed by atoms with Crippen molar-refractivity contribution < 1.29 is 9.53 Å². The van der Waals surface area contributed by atoms with E-state index in [0.717, 1.165) is 10.0 Å². The van der Waals surface area contributed by atoms with Gasteiger partial charge in [0.15, 0.2) is 0 Å². The molecule has 3 rings (SSSR count). The molecule has 2 aromatic carbocycles. The van der Waals surface area contributed by atoms with E-state index in [-0.39, 0.29) is 12.0 Å². The Bertz CT molecular complexity index is 770. The minimum atomic E-state index is -0.135. The van der Waals surface area contributed by atoms with E-state index in [0.29, 0.717) is 30.8 Å². The average Bonchev–Trinajstić information content (AvgIpc) is 2.61. The number of morpholine rings is 1. The third-order valence-corrected chi connectivity index (χ3v) is 4.31. The van der Waals surface area contributed by atoms with Crippen LogP contribution in [-0.4, -0.2) is 30.5 Å². The molecule has 1 aliphatic heterocycles. The van der Waals surface area contributed by atoms with Crippen LogP contribution < -0.4 is 0 Å². The van der Waals surface area contributed by atoms with Gasteiger partial charge in [-0.1, -0.05) is 34.1 Å². The van der Waals surface area contributed by atoms with Crippen molar-refractivity contribution >= 4 is 21.8 Å². The zero-order valence-electron chi connectivity index (χ0n) is 12.4. The number of ether oxygens (including phenoxy) is 1. The van der Waals surface area contributed by atoms with Crippen molar-refractivity contribution in [3.8, 4) is 6.07 Å². The zero-order valence-corrected chi connectivity index (χ0v) is 14.0. The number of hydrogen-bond donors (Lipinski definition) is 0. The first-order chi connectivity index (χ1) is 11.2. The van der Waals surface area contributed by atoms with Gasteiger partial charge in [0.05, 0.1) is 24.8 Å². The normalized spacial score (nSPS) is 17.6. The summed E-state index contributed by atoms with van der Waals surface area (Å²) in [5.41, 5.74) is 2.08. The van der Waals surface area contributed by atoms with Gasteiger partial charge in [0, 0.05) is 16.6 Å². The van der Waals surface area contributed by atoms with E-state index in [1.54, 1.807) is 29.2 Å². The summed E-state index contributed by atoms with van der Waals surface area (Å²) in [7, 11) is 0. The Balaban J connectivity index is 1.78. The molecule has 116 valence electrons. The van der Waals surface area contributed by atoms with Crippen molar-refractivity contribution in [3.63, 3.8) is 0 Å². The Kier molecular flexibility index (Phi) is 4.75. The number of rotatable bonds is 2. The first kappa shape index (κ1) is 15.7. The predicted octanol–water partition coefficient (Wildman–Crippen LogP) is 3.53. The quantitative estimate of drug-likeness (QED) is 0.812. The molecule has 1 fully saturated rings. The van der Waals surface area contributed by atoms with Crippen LogP contribution in [0.3, 0.4) is 0 Å². The van der Waals surface area contributed by atoms with Crippen LogP contribution in [0.2, 0.25) is 0 Å². The topological polar surface area (TPSA) is 53.3 Å². The first-order valence-electron chi connectivity index (χ1n) is 7.34. The van der Waals surface area contributed by atoms with E-state index in [1.807, 2.05) is 24.3 Å². The number of hydrogen-bond acceptors (Lipinski definition) is 3. The van der Waals surface area contributed by atoms with Crippen LogP contribution in [0.4, 0.5) is 0 Å². The van der Waals surface area contributed by atoms with Crippen molar-refractivity contribution in [2.45, 2.75) is 6.10 Å². The second-order valence-electron chi connectivity index (χ2n) is 5.36. The summed E-state index contributed by atoms with van der Waals surface area (Å²) in [5.74, 6) is -0.0644. The van der Waals surface area contributed by atoms with Crippen LogP contribution in [0.15, 0.2) is 53.0 Å². The maximum Gasteiger partial charge on any atom is 0.254 e. The maximum atomic E-state index is 12.7. The summed E-state index contributed by atoms with van der Waals surface area (Å²) in [4.78, 5) is 14.4. The molecule has 2 aromatic rings. The highest BCUT2D eigenvalue weighted by atomic mass is 79.9. The van der Waals surface area contributed by atoms with E-state index < -0.39 is 0 Å². The molecule has 1 amide bonds. The molecule has 0 saturated carbocycles. The Morgan fingerprint density at radius 3 is 2.87 bits per heavy atom. The van der Waals surface area contributed by atoms with Crippen molar-refractivity contribution in [1.82, 2.24) is 4.90 Å². The smallest absolute Gasteiger partial charge is 0.254 e. The molecule has 1 unspecified atom stereocenters. The van der Waals surface area contributed by atoms with Gasteiger partial charge in [0.2, 0.25) is 0 Å².